The topological polar surface area (TPSA) is 67.3 Å². The second kappa shape index (κ2) is 8.31. The minimum absolute atomic E-state index is 0.200. The molecule has 0 amide bonds. The molecule has 2 aromatic heterocycles. The van der Waals surface area contributed by atoms with E-state index in [1.54, 1.807) is 0 Å². The number of aromatic nitrogens is 2. The van der Waals surface area contributed by atoms with Crippen LogP contribution in [0, 0.1) is 5.82 Å². The fourth-order valence-corrected chi connectivity index (χ4v) is 2.77. The molecule has 29 heavy (non-hydrogen) atoms. The normalized spacial score (nSPS) is 10.4. The number of halogens is 1. The van der Waals surface area contributed by atoms with Gasteiger partial charge in [0.15, 0.2) is 5.82 Å². The van der Waals surface area contributed by atoms with E-state index in [0.717, 1.165) is 11.1 Å². The number of rotatable bonds is 5. The minimum atomic E-state index is -0.674. The molecule has 4 rings (SSSR count). The summed E-state index contributed by atoms with van der Waals surface area (Å²) in [4.78, 5) is 22.5. The average Bonchev–Trinajstić information content (AvgIpc) is 2.75. The van der Waals surface area contributed by atoms with Gasteiger partial charge in [0.25, 0.3) is 11.4 Å². The quantitative estimate of drug-likeness (QED) is 0.498. The van der Waals surface area contributed by atoms with E-state index in [2.05, 4.69) is 15.0 Å². The lowest BCUT2D eigenvalue weighted by Crippen LogP contribution is -2.03. The molecule has 2 aromatic carbocycles. The van der Waals surface area contributed by atoms with Crippen LogP contribution in [0.25, 0.3) is 0 Å². The van der Waals surface area contributed by atoms with Crippen molar-refractivity contribution in [3.8, 4) is 11.6 Å². The molecule has 0 saturated carbocycles. The predicted octanol–water partition coefficient (Wildman–Crippen LogP) is 4.87. The zero-order valence-corrected chi connectivity index (χ0v) is 15.2. The molecule has 0 bridgehead atoms. The van der Waals surface area contributed by atoms with Gasteiger partial charge in [0, 0.05) is 29.5 Å². The van der Waals surface area contributed by atoms with Crippen LogP contribution < -0.4 is 10.3 Å². The van der Waals surface area contributed by atoms with E-state index in [1.165, 1.54) is 30.6 Å². The third-order valence-electron chi connectivity index (χ3n) is 4.09. The number of nitrogens with zero attached hydrogens (tertiary/aromatic N) is 2. The van der Waals surface area contributed by atoms with E-state index in [9.17, 15) is 9.18 Å². The molecule has 142 valence electrons. The SMILES string of the molecule is O=c1cc(Oc2ncc(N=C(c3ccccc3)c3ccccc3)cc2F)cc[nH]1. The van der Waals surface area contributed by atoms with E-state index < -0.39 is 5.82 Å². The first-order valence-corrected chi connectivity index (χ1v) is 8.91. The lowest BCUT2D eigenvalue weighted by Gasteiger charge is -2.09. The standard InChI is InChI=1S/C23H16FN3O2/c24-20-13-18(15-26-23(20)29-19-11-12-25-21(28)14-19)27-22(16-7-3-1-4-8-16)17-9-5-2-6-10-17/h1-15H,(H,25,28). The molecule has 4 aromatic rings. The van der Waals surface area contributed by atoms with E-state index in [-0.39, 0.29) is 17.2 Å². The van der Waals surface area contributed by atoms with Crippen molar-refractivity contribution in [1.82, 2.24) is 9.97 Å². The molecule has 0 atom stereocenters. The monoisotopic (exact) mass is 385 g/mol. The minimum Gasteiger partial charge on any atom is -0.436 e. The number of ether oxygens (including phenoxy) is 1. The van der Waals surface area contributed by atoms with Crippen LogP contribution in [0.3, 0.4) is 0 Å². The van der Waals surface area contributed by atoms with E-state index in [4.69, 9.17) is 4.74 Å². The van der Waals surface area contributed by atoms with Gasteiger partial charge in [0.05, 0.1) is 17.6 Å². The molecule has 2 heterocycles. The summed E-state index contributed by atoms with van der Waals surface area (Å²) in [5.74, 6) is -0.701. The van der Waals surface area contributed by atoms with Gasteiger partial charge in [0.1, 0.15) is 5.75 Å². The first-order chi connectivity index (χ1) is 14.2. The van der Waals surface area contributed by atoms with Crippen molar-refractivity contribution in [3.63, 3.8) is 0 Å². The van der Waals surface area contributed by atoms with Crippen LogP contribution in [0.4, 0.5) is 10.1 Å². The number of aliphatic imine (C=N–C) groups is 1. The van der Waals surface area contributed by atoms with Crippen molar-refractivity contribution in [2.75, 3.05) is 0 Å². The number of aromatic amines is 1. The third kappa shape index (κ3) is 4.44. The number of benzene rings is 2. The highest BCUT2D eigenvalue weighted by atomic mass is 19.1. The van der Waals surface area contributed by atoms with Gasteiger partial charge in [-0.05, 0) is 6.07 Å². The lowest BCUT2D eigenvalue weighted by molar-refractivity contribution is 0.422. The van der Waals surface area contributed by atoms with Gasteiger partial charge in [-0.15, -0.1) is 0 Å². The van der Waals surface area contributed by atoms with Crippen LogP contribution >= 0.6 is 0 Å². The molecular formula is C23H16FN3O2. The van der Waals surface area contributed by atoms with Gasteiger partial charge in [-0.25, -0.2) is 14.4 Å². The predicted molar refractivity (Wildman–Crippen MR) is 110 cm³/mol. The zero-order chi connectivity index (χ0) is 20.1. The van der Waals surface area contributed by atoms with E-state index in [1.807, 2.05) is 60.7 Å². The van der Waals surface area contributed by atoms with Crippen LogP contribution in [0.5, 0.6) is 11.6 Å². The Morgan fingerprint density at radius 2 is 1.59 bits per heavy atom. The summed E-state index contributed by atoms with van der Waals surface area (Å²) < 4.78 is 19.9. The Hall–Kier alpha value is -4.06. The Morgan fingerprint density at radius 3 is 2.17 bits per heavy atom. The van der Waals surface area contributed by atoms with Crippen LogP contribution in [0.1, 0.15) is 11.1 Å². The van der Waals surface area contributed by atoms with Gasteiger partial charge < -0.3 is 9.72 Å². The number of H-pyrrole nitrogens is 1. The highest BCUT2D eigenvalue weighted by Gasteiger charge is 2.11. The molecule has 0 unspecified atom stereocenters. The van der Waals surface area contributed by atoms with Crippen LogP contribution in [0.15, 0.2) is 101 Å². The van der Waals surface area contributed by atoms with Crippen LogP contribution in [0.2, 0.25) is 0 Å². The zero-order valence-electron chi connectivity index (χ0n) is 15.2. The van der Waals surface area contributed by atoms with Gasteiger partial charge in [0.2, 0.25) is 0 Å². The second-order valence-corrected chi connectivity index (χ2v) is 6.16. The lowest BCUT2D eigenvalue weighted by atomic mass is 10.0. The largest absolute Gasteiger partial charge is 0.436 e. The number of hydrogen-bond donors (Lipinski definition) is 1. The molecule has 6 heteroatoms. The van der Waals surface area contributed by atoms with Gasteiger partial charge in [-0.2, -0.15) is 0 Å². The van der Waals surface area contributed by atoms with Crippen molar-refractivity contribution in [2.24, 2.45) is 4.99 Å². The van der Waals surface area contributed by atoms with Crippen molar-refractivity contribution < 1.29 is 9.13 Å². The first kappa shape index (κ1) is 18.3. The van der Waals surface area contributed by atoms with Gasteiger partial charge in [-0.3, -0.25) is 4.79 Å². The Morgan fingerprint density at radius 1 is 0.931 bits per heavy atom. The average molecular weight is 385 g/mol. The van der Waals surface area contributed by atoms with Crippen molar-refractivity contribution in [3.05, 3.63) is 119 Å². The summed E-state index contributed by atoms with van der Waals surface area (Å²) in [6, 6.07) is 23.3. The molecule has 0 fully saturated rings. The third-order valence-corrected chi connectivity index (χ3v) is 4.09. The maximum atomic E-state index is 14.5. The fourth-order valence-electron chi connectivity index (χ4n) is 2.77. The van der Waals surface area contributed by atoms with Gasteiger partial charge in [-0.1, -0.05) is 60.7 Å². The molecule has 0 saturated heterocycles. The highest BCUT2D eigenvalue weighted by molar-refractivity contribution is 6.13. The van der Waals surface area contributed by atoms with E-state index in [0.29, 0.717) is 11.4 Å². The first-order valence-electron chi connectivity index (χ1n) is 8.91. The second-order valence-electron chi connectivity index (χ2n) is 6.16. The number of hydrogen-bond acceptors (Lipinski definition) is 4. The molecule has 0 aliphatic carbocycles. The maximum Gasteiger partial charge on any atom is 0.256 e. The summed E-state index contributed by atoms with van der Waals surface area (Å²) in [6.07, 6.45) is 2.84. The summed E-state index contributed by atoms with van der Waals surface area (Å²) in [5.41, 5.74) is 2.52. The summed E-state index contributed by atoms with van der Waals surface area (Å²) in [5, 5.41) is 0. The molecule has 5 nitrogen and oxygen atoms in total. The fraction of sp³-hybridized carbons (Fsp3) is 0. The van der Waals surface area contributed by atoms with Crippen molar-refractivity contribution in [2.45, 2.75) is 0 Å². The molecular weight excluding hydrogens is 369 g/mol. The van der Waals surface area contributed by atoms with Gasteiger partial charge >= 0.3 is 0 Å². The highest BCUT2D eigenvalue weighted by Crippen LogP contribution is 2.25. The summed E-state index contributed by atoms with van der Waals surface area (Å²) in [6.45, 7) is 0. The molecule has 0 radical (unpaired) electrons. The summed E-state index contributed by atoms with van der Waals surface area (Å²) in [7, 11) is 0. The maximum absolute atomic E-state index is 14.5. The molecule has 0 aliphatic rings. The van der Waals surface area contributed by atoms with Crippen LogP contribution in [-0.2, 0) is 0 Å². The Kier molecular flexibility index (Phi) is 5.25. The van der Waals surface area contributed by atoms with E-state index >= 15 is 0 Å². The van der Waals surface area contributed by atoms with Crippen molar-refractivity contribution >= 4 is 11.4 Å². The number of pyridine rings is 2. The molecule has 1 N–H and O–H groups in total. The smallest absolute Gasteiger partial charge is 0.256 e. The summed E-state index contributed by atoms with van der Waals surface area (Å²) >= 11 is 0. The Bertz CT molecular complexity index is 1160. The van der Waals surface area contributed by atoms with Crippen molar-refractivity contribution in [1.29, 1.82) is 0 Å². The van der Waals surface area contributed by atoms with Crippen LogP contribution in [-0.4, -0.2) is 15.7 Å². The molecule has 0 spiro atoms. The number of nitrogens with one attached hydrogen (secondary N) is 1. The molecule has 0 aliphatic heterocycles. The Balaban J connectivity index is 1.70. The Labute approximate surface area is 166 Å².